The highest BCUT2D eigenvalue weighted by Gasteiger charge is 2.47. The number of hydrogen-bond donors (Lipinski definition) is 0. The van der Waals surface area contributed by atoms with Crippen molar-refractivity contribution in [3.63, 3.8) is 0 Å². The van der Waals surface area contributed by atoms with Gasteiger partial charge in [-0.2, -0.15) is 0 Å². The molecular weight excluding hydrogens is 528 g/mol. The number of tetrazole rings is 1. The second-order valence-electron chi connectivity index (χ2n) is 10.3. The fourth-order valence-electron chi connectivity index (χ4n) is 5.19. The quantitative estimate of drug-likeness (QED) is 0.177. The first-order valence-corrected chi connectivity index (χ1v) is 14.2. The topological polar surface area (TPSA) is 80.5 Å². The number of ether oxygens (including phenoxy) is 4. The molecule has 8 nitrogen and oxygen atoms in total. The maximum Gasteiger partial charge on any atom is 0.183 e. The Morgan fingerprint density at radius 1 is 0.524 bits per heavy atom. The summed E-state index contributed by atoms with van der Waals surface area (Å²) in [5.74, 6) is 0.594. The largest absolute Gasteiger partial charge is 0.374 e. The maximum absolute atomic E-state index is 6.69. The minimum Gasteiger partial charge on any atom is -0.374 e. The van der Waals surface area contributed by atoms with Crippen molar-refractivity contribution in [2.45, 2.75) is 50.8 Å². The van der Waals surface area contributed by atoms with Gasteiger partial charge in [0.2, 0.25) is 0 Å². The van der Waals surface area contributed by atoms with E-state index < -0.39 is 18.3 Å². The lowest BCUT2D eigenvalue weighted by molar-refractivity contribution is -0.190. The van der Waals surface area contributed by atoms with E-state index in [1.165, 1.54) is 0 Å². The highest BCUT2D eigenvalue weighted by Crippen LogP contribution is 2.38. The molecule has 0 radical (unpaired) electrons. The Balaban J connectivity index is 1.30. The van der Waals surface area contributed by atoms with Crippen molar-refractivity contribution in [1.29, 1.82) is 0 Å². The van der Waals surface area contributed by atoms with E-state index in [0.29, 0.717) is 38.9 Å². The molecule has 0 aliphatic carbocycles. The molecule has 6 rings (SSSR count). The van der Waals surface area contributed by atoms with Gasteiger partial charge in [0.15, 0.2) is 5.82 Å². The van der Waals surface area contributed by atoms with Gasteiger partial charge in [0, 0.05) is 0 Å². The molecule has 0 saturated heterocycles. The van der Waals surface area contributed by atoms with Crippen LogP contribution >= 0.6 is 0 Å². The molecule has 214 valence electrons. The molecule has 0 amide bonds. The third-order valence-electron chi connectivity index (χ3n) is 7.33. The first kappa shape index (κ1) is 27.9. The van der Waals surface area contributed by atoms with Crippen LogP contribution < -0.4 is 0 Å². The van der Waals surface area contributed by atoms with E-state index in [9.17, 15) is 0 Å². The summed E-state index contributed by atoms with van der Waals surface area (Å²) < 4.78 is 28.0. The Bertz CT molecular complexity index is 1490. The third kappa shape index (κ3) is 6.98. The zero-order valence-corrected chi connectivity index (χ0v) is 23.3. The molecule has 1 aliphatic heterocycles. The number of hydrogen-bond acceptors (Lipinski definition) is 7. The van der Waals surface area contributed by atoms with Gasteiger partial charge in [-0.25, -0.2) is 4.68 Å². The van der Waals surface area contributed by atoms with Gasteiger partial charge in [0.1, 0.15) is 24.4 Å². The van der Waals surface area contributed by atoms with E-state index in [0.717, 1.165) is 22.3 Å². The Kier molecular flexibility index (Phi) is 9.39. The second-order valence-corrected chi connectivity index (χ2v) is 10.3. The zero-order valence-electron chi connectivity index (χ0n) is 23.3. The molecular formula is C34H34N4O4. The lowest BCUT2D eigenvalue weighted by atomic mass is 9.95. The van der Waals surface area contributed by atoms with Crippen LogP contribution in [0.25, 0.3) is 0 Å². The zero-order chi connectivity index (χ0) is 28.4. The smallest absolute Gasteiger partial charge is 0.183 e. The van der Waals surface area contributed by atoms with Crippen molar-refractivity contribution in [2.24, 2.45) is 0 Å². The molecule has 1 aromatic heterocycles. The van der Waals surface area contributed by atoms with Gasteiger partial charge in [-0.1, -0.05) is 121 Å². The molecule has 1 aliphatic rings. The van der Waals surface area contributed by atoms with Crippen LogP contribution in [0.3, 0.4) is 0 Å². The highest BCUT2D eigenvalue weighted by atomic mass is 16.6. The van der Waals surface area contributed by atoms with Gasteiger partial charge in [0.05, 0.1) is 33.0 Å². The minimum absolute atomic E-state index is 0.334. The summed E-state index contributed by atoms with van der Waals surface area (Å²) in [6.07, 6.45) is -1.52. The maximum atomic E-state index is 6.69. The molecule has 4 aromatic carbocycles. The normalized spacial score (nSPS) is 19.8. The van der Waals surface area contributed by atoms with E-state index in [1.54, 1.807) is 4.68 Å². The van der Waals surface area contributed by atoms with Crippen LogP contribution in [0.15, 0.2) is 121 Å². The van der Waals surface area contributed by atoms with E-state index >= 15 is 0 Å². The Morgan fingerprint density at radius 2 is 0.976 bits per heavy atom. The molecule has 0 unspecified atom stereocenters. The fraction of sp³-hybridized carbons (Fsp3) is 0.265. The molecule has 0 bridgehead atoms. The van der Waals surface area contributed by atoms with Crippen molar-refractivity contribution in [3.8, 4) is 0 Å². The SMILES string of the molecule is c1ccc(COC[C@@H]2[C@H](OCc3ccccc3)[C@H](OCc3ccccc3)[C@@H](OCc3ccccc3)c3nnnn32)cc1. The van der Waals surface area contributed by atoms with Gasteiger partial charge in [-0.3, -0.25) is 0 Å². The van der Waals surface area contributed by atoms with Crippen molar-refractivity contribution in [2.75, 3.05) is 6.61 Å². The third-order valence-corrected chi connectivity index (χ3v) is 7.33. The van der Waals surface area contributed by atoms with Gasteiger partial charge in [-0.05, 0) is 32.7 Å². The number of nitrogens with zero attached hydrogens (tertiary/aromatic N) is 4. The Labute approximate surface area is 245 Å². The molecule has 4 atom stereocenters. The summed E-state index contributed by atoms with van der Waals surface area (Å²) in [4.78, 5) is 0. The number of aromatic nitrogens is 4. The summed E-state index contributed by atoms with van der Waals surface area (Å²) in [5.41, 5.74) is 4.26. The summed E-state index contributed by atoms with van der Waals surface area (Å²) in [5, 5.41) is 12.8. The Hall–Kier alpha value is -4.21. The fourth-order valence-corrected chi connectivity index (χ4v) is 5.19. The molecule has 0 fully saturated rings. The van der Waals surface area contributed by atoms with E-state index in [-0.39, 0.29) is 6.04 Å². The molecule has 0 N–H and O–H groups in total. The number of rotatable bonds is 13. The van der Waals surface area contributed by atoms with Crippen LogP contribution in [0.5, 0.6) is 0 Å². The number of benzene rings is 4. The summed E-state index contributed by atoms with van der Waals surface area (Å²) in [6.45, 7) is 1.96. The molecule has 0 saturated carbocycles. The van der Waals surface area contributed by atoms with Gasteiger partial charge in [-0.15, -0.1) is 5.10 Å². The highest BCUT2D eigenvalue weighted by molar-refractivity contribution is 5.17. The monoisotopic (exact) mass is 562 g/mol. The van der Waals surface area contributed by atoms with Crippen LogP contribution in [0.1, 0.15) is 40.2 Å². The van der Waals surface area contributed by atoms with Crippen LogP contribution in [0, 0.1) is 0 Å². The molecule has 2 heterocycles. The lowest BCUT2D eigenvalue weighted by Crippen LogP contribution is -2.50. The van der Waals surface area contributed by atoms with E-state index in [4.69, 9.17) is 18.9 Å². The standard InChI is InChI=1S/C34H34N4O4/c1-5-13-26(14-6-1)21-39-25-30-31(40-22-27-15-7-2-8-16-27)32(41-23-28-17-9-3-10-18-28)33(34-35-36-37-38(30)34)42-24-29-19-11-4-12-20-29/h1-20,30-33H,21-25H2/t30-,31+,32+,33-/m1/s1. The van der Waals surface area contributed by atoms with E-state index in [2.05, 4.69) is 27.7 Å². The van der Waals surface area contributed by atoms with Gasteiger partial charge in [0.25, 0.3) is 0 Å². The lowest BCUT2D eigenvalue weighted by Gasteiger charge is -2.41. The van der Waals surface area contributed by atoms with Crippen molar-refractivity contribution >= 4 is 0 Å². The van der Waals surface area contributed by atoms with Crippen molar-refractivity contribution in [1.82, 2.24) is 20.2 Å². The van der Waals surface area contributed by atoms with Gasteiger partial charge < -0.3 is 18.9 Å². The van der Waals surface area contributed by atoms with Crippen LogP contribution in [-0.4, -0.2) is 39.0 Å². The van der Waals surface area contributed by atoms with Crippen molar-refractivity contribution < 1.29 is 18.9 Å². The molecule has 5 aromatic rings. The van der Waals surface area contributed by atoms with Crippen LogP contribution in [0.2, 0.25) is 0 Å². The van der Waals surface area contributed by atoms with Crippen molar-refractivity contribution in [3.05, 3.63) is 149 Å². The summed E-state index contributed by atoms with van der Waals surface area (Å²) in [6, 6.07) is 40.1. The predicted octanol–water partition coefficient (Wildman–Crippen LogP) is 5.87. The van der Waals surface area contributed by atoms with E-state index in [1.807, 2.05) is 109 Å². The van der Waals surface area contributed by atoms with Crippen LogP contribution in [-0.2, 0) is 45.4 Å². The summed E-state index contributed by atoms with van der Waals surface area (Å²) in [7, 11) is 0. The Morgan fingerprint density at radius 3 is 1.50 bits per heavy atom. The van der Waals surface area contributed by atoms with Gasteiger partial charge >= 0.3 is 0 Å². The second kappa shape index (κ2) is 14.1. The first-order valence-electron chi connectivity index (χ1n) is 14.2. The average Bonchev–Trinajstić information content (AvgIpc) is 3.54. The average molecular weight is 563 g/mol. The molecule has 42 heavy (non-hydrogen) atoms. The molecule has 8 heteroatoms. The first-order chi connectivity index (χ1) is 20.8. The number of fused-ring (bicyclic) bond motifs is 1. The molecule has 0 spiro atoms. The summed E-state index contributed by atoms with van der Waals surface area (Å²) >= 11 is 0. The minimum atomic E-state index is -0.560. The predicted molar refractivity (Wildman–Crippen MR) is 157 cm³/mol. The van der Waals surface area contributed by atoms with Crippen LogP contribution in [0.4, 0.5) is 0 Å².